The lowest BCUT2D eigenvalue weighted by Gasteiger charge is -2.39. The van der Waals surface area contributed by atoms with E-state index in [1.165, 1.54) is 0 Å². The van der Waals surface area contributed by atoms with Crippen molar-refractivity contribution in [2.45, 2.75) is 59.5 Å². The third-order valence-electron chi connectivity index (χ3n) is 5.57. The predicted octanol–water partition coefficient (Wildman–Crippen LogP) is 4.27. The summed E-state index contributed by atoms with van der Waals surface area (Å²) in [5, 5.41) is 3.34. The van der Waals surface area contributed by atoms with Crippen molar-refractivity contribution in [3.8, 4) is 5.75 Å². The molecule has 0 fully saturated rings. The van der Waals surface area contributed by atoms with Crippen LogP contribution < -0.4 is 10.1 Å². The highest BCUT2D eigenvalue weighted by atomic mass is 16.6. The summed E-state index contributed by atoms with van der Waals surface area (Å²) in [7, 11) is 1.56. The van der Waals surface area contributed by atoms with Gasteiger partial charge < -0.3 is 19.5 Å². The number of methoxy groups -OCH3 is 1. The molecule has 1 aliphatic heterocycles. The highest BCUT2D eigenvalue weighted by Gasteiger charge is 2.43. The number of carbonyl (C=O) groups excluding carboxylic acids is 2. The quantitative estimate of drug-likeness (QED) is 0.518. The summed E-state index contributed by atoms with van der Waals surface area (Å²) in [4.78, 5) is 26.3. The minimum atomic E-state index is -0.469. The van der Waals surface area contributed by atoms with Gasteiger partial charge in [0, 0.05) is 36.4 Å². The zero-order chi connectivity index (χ0) is 22.8. The number of esters is 1. The number of hydrogen-bond donors (Lipinski definition) is 1. The van der Waals surface area contributed by atoms with Crippen LogP contribution in [-0.4, -0.2) is 38.2 Å². The SMILES string of the molecule is COCCOC(=O)C1=C(C)NC2=C(C(=O)CC(C)(C)C2)C1c1ccc(OC(C)C)cc1. The molecule has 31 heavy (non-hydrogen) atoms. The average Bonchev–Trinajstić information content (AvgIpc) is 2.66. The van der Waals surface area contributed by atoms with Gasteiger partial charge in [-0.05, 0) is 50.3 Å². The molecule has 0 radical (unpaired) electrons. The fourth-order valence-electron chi connectivity index (χ4n) is 4.35. The number of nitrogens with one attached hydrogen (secondary N) is 1. The summed E-state index contributed by atoms with van der Waals surface area (Å²) >= 11 is 0. The lowest BCUT2D eigenvalue weighted by Crippen LogP contribution is -2.38. The van der Waals surface area contributed by atoms with Crippen LogP contribution in [0.4, 0.5) is 0 Å². The summed E-state index contributed by atoms with van der Waals surface area (Å²) in [5.74, 6) is -0.0781. The first-order valence-corrected chi connectivity index (χ1v) is 10.8. The van der Waals surface area contributed by atoms with E-state index in [-0.39, 0.29) is 23.9 Å². The van der Waals surface area contributed by atoms with Gasteiger partial charge in [-0.3, -0.25) is 4.79 Å². The number of allylic oxidation sites excluding steroid dienone is 3. The molecule has 1 aromatic rings. The first-order chi connectivity index (χ1) is 14.6. The topological polar surface area (TPSA) is 73.9 Å². The van der Waals surface area contributed by atoms with Crippen molar-refractivity contribution < 1.29 is 23.8 Å². The zero-order valence-corrected chi connectivity index (χ0v) is 19.3. The number of Topliss-reactive ketones (excluding diaryl/α,β-unsaturated/α-hetero) is 1. The molecule has 1 N–H and O–H groups in total. The van der Waals surface area contributed by atoms with E-state index in [0.29, 0.717) is 24.2 Å². The minimum Gasteiger partial charge on any atom is -0.491 e. The van der Waals surface area contributed by atoms with Crippen LogP contribution in [0.5, 0.6) is 5.75 Å². The van der Waals surface area contributed by atoms with Crippen LogP contribution in [0.15, 0.2) is 46.8 Å². The molecule has 0 saturated carbocycles. The van der Waals surface area contributed by atoms with Gasteiger partial charge >= 0.3 is 5.97 Å². The fraction of sp³-hybridized carbons (Fsp3) is 0.520. The van der Waals surface area contributed by atoms with Gasteiger partial charge in [0.05, 0.1) is 18.3 Å². The smallest absolute Gasteiger partial charge is 0.336 e. The Labute approximate surface area is 184 Å². The molecule has 0 aromatic heterocycles. The Hall–Kier alpha value is -2.60. The summed E-state index contributed by atoms with van der Waals surface area (Å²) < 4.78 is 16.2. The predicted molar refractivity (Wildman–Crippen MR) is 119 cm³/mol. The summed E-state index contributed by atoms with van der Waals surface area (Å²) in [6, 6.07) is 7.64. The van der Waals surface area contributed by atoms with Crippen molar-refractivity contribution in [1.82, 2.24) is 5.32 Å². The van der Waals surface area contributed by atoms with Gasteiger partial charge in [-0.1, -0.05) is 26.0 Å². The number of dihydropyridines is 1. The Morgan fingerprint density at radius 3 is 2.45 bits per heavy atom. The van der Waals surface area contributed by atoms with Crippen molar-refractivity contribution in [2.75, 3.05) is 20.3 Å². The van der Waals surface area contributed by atoms with Crippen molar-refractivity contribution in [1.29, 1.82) is 0 Å². The third-order valence-corrected chi connectivity index (χ3v) is 5.57. The van der Waals surface area contributed by atoms with Crippen LogP contribution in [0.25, 0.3) is 0 Å². The Bertz CT molecular complexity index is 908. The molecule has 1 aliphatic carbocycles. The van der Waals surface area contributed by atoms with E-state index < -0.39 is 11.9 Å². The van der Waals surface area contributed by atoms with E-state index in [4.69, 9.17) is 14.2 Å². The number of rotatable bonds is 7. The number of hydrogen-bond acceptors (Lipinski definition) is 6. The number of benzene rings is 1. The van der Waals surface area contributed by atoms with Crippen molar-refractivity contribution in [3.05, 3.63) is 52.4 Å². The Balaban J connectivity index is 2.04. The maximum absolute atomic E-state index is 13.3. The molecule has 1 atom stereocenters. The molecule has 0 bridgehead atoms. The molecule has 0 saturated heterocycles. The number of ketones is 1. The van der Waals surface area contributed by atoms with Gasteiger partial charge in [0.1, 0.15) is 12.4 Å². The van der Waals surface area contributed by atoms with Crippen molar-refractivity contribution in [2.24, 2.45) is 5.41 Å². The largest absolute Gasteiger partial charge is 0.491 e. The number of ether oxygens (including phenoxy) is 3. The molecule has 3 rings (SSSR count). The lowest BCUT2D eigenvalue weighted by atomic mass is 9.68. The van der Waals surface area contributed by atoms with Crippen molar-refractivity contribution >= 4 is 11.8 Å². The standard InChI is InChI=1S/C25H33NO5/c1-15(2)31-18-9-7-17(8-10-18)22-21(24(28)30-12-11-29-6)16(3)26-19-13-25(4,5)14-20(27)23(19)22/h7-10,15,22,26H,11-14H2,1-6H3. The van der Waals surface area contributed by atoms with E-state index in [9.17, 15) is 9.59 Å². The van der Waals surface area contributed by atoms with Crippen molar-refractivity contribution in [3.63, 3.8) is 0 Å². The van der Waals surface area contributed by atoms with Gasteiger partial charge in [-0.15, -0.1) is 0 Å². The highest BCUT2D eigenvalue weighted by molar-refractivity contribution is 6.04. The normalized spacial score (nSPS) is 20.5. The van der Waals surface area contributed by atoms with Crippen LogP contribution >= 0.6 is 0 Å². The highest BCUT2D eigenvalue weighted by Crippen LogP contribution is 2.46. The first kappa shape index (κ1) is 23.1. The van der Waals surface area contributed by atoms with Gasteiger partial charge in [-0.25, -0.2) is 4.79 Å². The molecule has 6 nitrogen and oxygen atoms in total. The van der Waals surface area contributed by atoms with Crippen LogP contribution in [0.2, 0.25) is 0 Å². The molecular formula is C25H33NO5. The van der Waals surface area contributed by atoms with E-state index in [1.54, 1.807) is 7.11 Å². The van der Waals surface area contributed by atoms with E-state index in [2.05, 4.69) is 19.2 Å². The Morgan fingerprint density at radius 2 is 1.84 bits per heavy atom. The monoisotopic (exact) mass is 427 g/mol. The van der Waals surface area contributed by atoms with Gasteiger partial charge in [-0.2, -0.15) is 0 Å². The van der Waals surface area contributed by atoms with Crippen LogP contribution in [0.1, 0.15) is 58.9 Å². The second-order valence-electron chi connectivity index (χ2n) is 9.29. The van der Waals surface area contributed by atoms with Crippen LogP contribution in [0.3, 0.4) is 0 Å². The zero-order valence-electron chi connectivity index (χ0n) is 19.3. The lowest BCUT2D eigenvalue weighted by molar-refractivity contribution is -0.140. The summed E-state index contributed by atoms with van der Waals surface area (Å²) in [5.41, 5.74) is 3.51. The maximum atomic E-state index is 13.3. The summed E-state index contributed by atoms with van der Waals surface area (Å²) in [6.07, 6.45) is 1.26. The first-order valence-electron chi connectivity index (χ1n) is 10.8. The van der Waals surface area contributed by atoms with E-state index >= 15 is 0 Å². The second kappa shape index (κ2) is 9.27. The molecule has 2 aliphatic rings. The molecular weight excluding hydrogens is 394 g/mol. The average molecular weight is 428 g/mol. The molecule has 1 unspecified atom stereocenters. The molecule has 0 amide bonds. The van der Waals surface area contributed by atoms with E-state index in [1.807, 2.05) is 45.0 Å². The summed E-state index contributed by atoms with van der Waals surface area (Å²) in [6.45, 7) is 10.5. The Kier molecular flexibility index (Phi) is 6.90. The van der Waals surface area contributed by atoms with Gasteiger partial charge in [0.25, 0.3) is 0 Å². The second-order valence-corrected chi connectivity index (χ2v) is 9.29. The third kappa shape index (κ3) is 5.18. The van der Waals surface area contributed by atoms with Crippen LogP contribution in [-0.2, 0) is 19.1 Å². The van der Waals surface area contributed by atoms with Gasteiger partial charge in [0.15, 0.2) is 5.78 Å². The maximum Gasteiger partial charge on any atom is 0.336 e. The Morgan fingerprint density at radius 1 is 1.16 bits per heavy atom. The molecule has 6 heteroatoms. The van der Waals surface area contributed by atoms with E-state index in [0.717, 1.165) is 29.1 Å². The van der Waals surface area contributed by atoms with Crippen LogP contribution in [0, 0.1) is 5.41 Å². The fourth-order valence-corrected chi connectivity index (χ4v) is 4.35. The molecule has 0 spiro atoms. The van der Waals surface area contributed by atoms with Gasteiger partial charge in [0.2, 0.25) is 0 Å². The molecule has 1 aromatic carbocycles. The molecule has 168 valence electrons. The number of carbonyl (C=O) groups is 2. The minimum absolute atomic E-state index is 0.0645. The molecule has 1 heterocycles.